The van der Waals surface area contributed by atoms with Gasteiger partial charge in [-0.25, -0.2) is 9.59 Å². The molecule has 0 fully saturated rings. The summed E-state index contributed by atoms with van der Waals surface area (Å²) in [6.45, 7) is -1.80. The Kier molecular flexibility index (Phi) is 10.7. The predicted molar refractivity (Wildman–Crippen MR) is 66.6 cm³/mol. The average Bonchev–Trinajstić information content (AvgIpc) is 2.34. The first kappa shape index (κ1) is 22.5. The van der Waals surface area contributed by atoms with Gasteiger partial charge in [-0.3, -0.25) is 19.3 Å². The Balaban J connectivity index is 0. The second kappa shape index (κ2) is 10.9. The number of aliphatic hydroxyl groups is 2. The number of carboxylic acids is 5. The van der Waals surface area contributed by atoms with Crippen LogP contribution in [0.5, 0.6) is 0 Å². The van der Waals surface area contributed by atoms with Crippen LogP contribution in [0.25, 0.3) is 0 Å². The standard InChI is InChI=1S/C6H9NO6.C4H6O6/c8-4(9)1-7(2-5(10)11)3-6(12)13;5-1(3(7)8)2(6)4(9)10/h1-3H2,(H,8,9)(H,10,11)(H,12,13);1-2,5-6H,(H,7,8)(H,9,10). The van der Waals surface area contributed by atoms with E-state index in [1.807, 2.05) is 0 Å². The fourth-order valence-corrected chi connectivity index (χ4v) is 1.01. The van der Waals surface area contributed by atoms with E-state index in [1.54, 1.807) is 0 Å². The summed E-state index contributed by atoms with van der Waals surface area (Å²) in [5.41, 5.74) is 0. The summed E-state index contributed by atoms with van der Waals surface area (Å²) < 4.78 is 0. The normalized spacial score (nSPS) is 12.5. The molecule has 13 nitrogen and oxygen atoms in total. The van der Waals surface area contributed by atoms with E-state index >= 15 is 0 Å². The molecule has 132 valence electrons. The number of carbonyl (C=O) groups is 5. The van der Waals surface area contributed by atoms with Crippen LogP contribution in [0.15, 0.2) is 0 Å². The number of rotatable bonds is 9. The van der Waals surface area contributed by atoms with Crippen molar-refractivity contribution in [1.82, 2.24) is 4.90 Å². The van der Waals surface area contributed by atoms with E-state index in [4.69, 9.17) is 35.7 Å². The lowest BCUT2D eigenvalue weighted by molar-refractivity contribution is -0.165. The molecule has 0 aromatic carbocycles. The van der Waals surface area contributed by atoms with Gasteiger partial charge < -0.3 is 35.7 Å². The number of aliphatic carboxylic acids is 5. The molecule has 0 aromatic heterocycles. The summed E-state index contributed by atoms with van der Waals surface area (Å²) in [4.78, 5) is 50.8. The third-order valence-corrected chi connectivity index (χ3v) is 1.88. The zero-order valence-corrected chi connectivity index (χ0v) is 11.4. The predicted octanol–water partition coefficient (Wildman–Crippen LogP) is -3.58. The van der Waals surface area contributed by atoms with Gasteiger partial charge in [-0.1, -0.05) is 0 Å². The van der Waals surface area contributed by atoms with E-state index in [-0.39, 0.29) is 0 Å². The fourth-order valence-electron chi connectivity index (χ4n) is 1.01. The highest BCUT2D eigenvalue weighted by atomic mass is 16.4. The molecular weight excluding hydrogens is 326 g/mol. The zero-order chi connectivity index (χ0) is 18.7. The first-order valence-electron chi connectivity index (χ1n) is 5.58. The second-order valence-corrected chi connectivity index (χ2v) is 3.89. The van der Waals surface area contributed by atoms with Crippen LogP contribution in [0, 0.1) is 0 Å². The average molecular weight is 341 g/mol. The quantitative estimate of drug-likeness (QED) is 0.215. The third-order valence-electron chi connectivity index (χ3n) is 1.88. The molecule has 0 aliphatic rings. The van der Waals surface area contributed by atoms with Gasteiger partial charge in [0.1, 0.15) is 0 Å². The summed E-state index contributed by atoms with van der Waals surface area (Å²) in [6, 6.07) is 0. The Bertz CT molecular complexity index is 405. The van der Waals surface area contributed by atoms with E-state index in [0.29, 0.717) is 0 Å². The molecular formula is C10H15NO12. The SMILES string of the molecule is O=C(O)C(O)C(O)C(=O)O.O=C(O)CN(CC(=O)O)CC(=O)O. The molecule has 2 unspecified atom stereocenters. The van der Waals surface area contributed by atoms with E-state index in [1.165, 1.54) is 0 Å². The van der Waals surface area contributed by atoms with Crippen molar-refractivity contribution in [3.8, 4) is 0 Å². The Morgan fingerprint density at radius 2 is 0.826 bits per heavy atom. The molecule has 2 atom stereocenters. The van der Waals surface area contributed by atoms with Gasteiger partial charge in [-0.05, 0) is 0 Å². The Morgan fingerprint density at radius 3 is 0.957 bits per heavy atom. The lowest BCUT2D eigenvalue weighted by Gasteiger charge is -2.14. The highest BCUT2D eigenvalue weighted by molar-refractivity contribution is 5.83. The highest BCUT2D eigenvalue weighted by Crippen LogP contribution is 1.92. The van der Waals surface area contributed by atoms with Crippen LogP contribution in [-0.4, -0.2) is 102 Å². The minimum Gasteiger partial charge on any atom is -0.480 e. The highest BCUT2D eigenvalue weighted by Gasteiger charge is 2.29. The molecule has 0 aliphatic heterocycles. The van der Waals surface area contributed by atoms with Crippen molar-refractivity contribution in [2.75, 3.05) is 19.6 Å². The van der Waals surface area contributed by atoms with Gasteiger partial charge in [-0.2, -0.15) is 0 Å². The molecule has 0 amide bonds. The summed E-state index contributed by atoms with van der Waals surface area (Å²) >= 11 is 0. The van der Waals surface area contributed by atoms with E-state index in [2.05, 4.69) is 0 Å². The minimum atomic E-state index is -2.27. The maximum Gasteiger partial charge on any atom is 0.335 e. The molecule has 0 bridgehead atoms. The lowest BCUT2D eigenvalue weighted by atomic mass is 10.2. The van der Waals surface area contributed by atoms with E-state index in [0.717, 1.165) is 4.90 Å². The Labute approximate surface area is 127 Å². The third kappa shape index (κ3) is 12.7. The van der Waals surface area contributed by atoms with Crippen LogP contribution in [0.4, 0.5) is 0 Å². The Hall–Kier alpha value is -2.77. The van der Waals surface area contributed by atoms with Crippen molar-refractivity contribution in [1.29, 1.82) is 0 Å². The second-order valence-electron chi connectivity index (χ2n) is 3.89. The van der Waals surface area contributed by atoms with E-state index in [9.17, 15) is 24.0 Å². The number of nitrogens with zero attached hydrogens (tertiary/aromatic N) is 1. The van der Waals surface area contributed by atoms with Gasteiger partial charge in [0.2, 0.25) is 0 Å². The van der Waals surface area contributed by atoms with Crippen LogP contribution < -0.4 is 0 Å². The van der Waals surface area contributed by atoms with Gasteiger partial charge in [-0.15, -0.1) is 0 Å². The molecule has 13 heteroatoms. The molecule has 0 saturated carbocycles. The monoisotopic (exact) mass is 341 g/mol. The van der Waals surface area contributed by atoms with Crippen LogP contribution in [0.2, 0.25) is 0 Å². The summed E-state index contributed by atoms with van der Waals surface area (Å²) in [6.07, 6.45) is -4.53. The van der Waals surface area contributed by atoms with Crippen molar-refractivity contribution < 1.29 is 59.7 Å². The van der Waals surface area contributed by atoms with Crippen LogP contribution >= 0.6 is 0 Å². The first-order chi connectivity index (χ1) is 10.4. The van der Waals surface area contributed by atoms with E-state index < -0.39 is 61.7 Å². The number of hydrogen-bond acceptors (Lipinski definition) is 8. The van der Waals surface area contributed by atoms with Crippen molar-refractivity contribution in [2.45, 2.75) is 12.2 Å². The van der Waals surface area contributed by atoms with Gasteiger partial charge in [0.15, 0.2) is 12.2 Å². The van der Waals surface area contributed by atoms with Gasteiger partial charge in [0, 0.05) is 0 Å². The molecule has 0 spiro atoms. The lowest BCUT2D eigenvalue weighted by Crippen LogP contribution is -2.39. The van der Waals surface area contributed by atoms with Gasteiger partial charge in [0.05, 0.1) is 19.6 Å². The van der Waals surface area contributed by atoms with Gasteiger partial charge >= 0.3 is 29.8 Å². The molecule has 0 rings (SSSR count). The van der Waals surface area contributed by atoms with Crippen LogP contribution in [-0.2, 0) is 24.0 Å². The number of carboxylic acid groups (broad SMARTS) is 5. The van der Waals surface area contributed by atoms with Crippen molar-refractivity contribution in [3.05, 3.63) is 0 Å². The zero-order valence-electron chi connectivity index (χ0n) is 11.4. The smallest absolute Gasteiger partial charge is 0.335 e. The van der Waals surface area contributed by atoms with Crippen molar-refractivity contribution >= 4 is 29.8 Å². The van der Waals surface area contributed by atoms with Crippen LogP contribution in [0.1, 0.15) is 0 Å². The van der Waals surface area contributed by atoms with Crippen molar-refractivity contribution in [3.63, 3.8) is 0 Å². The molecule has 0 heterocycles. The topological polar surface area (TPSA) is 230 Å². The number of aliphatic hydroxyl groups excluding tert-OH is 2. The molecule has 0 radical (unpaired) electrons. The molecule has 23 heavy (non-hydrogen) atoms. The maximum atomic E-state index is 10.1. The van der Waals surface area contributed by atoms with Gasteiger partial charge in [0.25, 0.3) is 0 Å². The summed E-state index contributed by atoms with van der Waals surface area (Å²) in [5, 5.41) is 57.4. The largest absolute Gasteiger partial charge is 0.480 e. The molecule has 0 saturated heterocycles. The van der Waals surface area contributed by atoms with Crippen LogP contribution in [0.3, 0.4) is 0 Å². The summed E-state index contributed by atoms with van der Waals surface area (Å²) in [5.74, 6) is -7.32. The molecule has 0 aromatic rings. The van der Waals surface area contributed by atoms with Crippen molar-refractivity contribution in [2.24, 2.45) is 0 Å². The maximum absolute atomic E-state index is 10.1. The molecule has 7 N–H and O–H groups in total. The first-order valence-corrected chi connectivity index (χ1v) is 5.58. The molecule has 0 aliphatic carbocycles. The Morgan fingerprint density at radius 1 is 0.609 bits per heavy atom. The number of hydrogen-bond donors (Lipinski definition) is 7. The summed E-state index contributed by atoms with van der Waals surface area (Å²) in [7, 11) is 0. The minimum absolute atomic E-state index is 0.599. The fraction of sp³-hybridized carbons (Fsp3) is 0.500.